The molecule has 1 amide bonds. The second-order valence-corrected chi connectivity index (χ2v) is 8.94. The molecular weight excluding hydrogens is 439 g/mol. The summed E-state index contributed by atoms with van der Waals surface area (Å²) in [6.07, 6.45) is -4.33. The van der Waals surface area contributed by atoms with Gasteiger partial charge in [-0.3, -0.25) is 14.9 Å². The summed E-state index contributed by atoms with van der Waals surface area (Å²) in [5.74, 6) is -0.941. The summed E-state index contributed by atoms with van der Waals surface area (Å²) < 4.78 is 65.2. The van der Waals surface area contributed by atoms with Crippen LogP contribution in [-0.4, -0.2) is 36.6 Å². The number of sulfonamides is 1. The molecule has 2 aromatic carbocycles. The third-order valence-electron chi connectivity index (χ3n) is 4.95. The standard InChI is InChI=1S/C19H18F3N3O5S/c20-19(21,22)14-3-1-6-17(11-14)31(29,30)24-9-7-13(8-10-24)18(26)23-15-4-2-5-16(12-15)25(27)28/h1-6,11-13H,7-10H2,(H,23,26). The molecule has 0 atom stereocenters. The molecule has 0 spiro atoms. The van der Waals surface area contributed by atoms with Crippen LogP contribution in [0, 0.1) is 16.0 Å². The van der Waals surface area contributed by atoms with Crippen molar-refractivity contribution < 1.29 is 31.3 Å². The number of amides is 1. The maximum absolute atomic E-state index is 12.9. The van der Waals surface area contributed by atoms with E-state index in [1.54, 1.807) is 0 Å². The Balaban J connectivity index is 1.65. The highest BCUT2D eigenvalue weighted by atomic mass is 32.2. The van der Waals surface area contributed by atoms with Gasteiger partial charge in [0.2, 0.25) is 15.9 Å². The molecule has 12 heteroatoms. The Bertz CT molecular complexity index is 1100. The van der Waals surface area contributed by atoms with Gasteiger partial charge < -0.3 is 5.32 Å². The lowest BCUT2D eigenvalue weighted by Gasteiger charge is -2.30. The molecule has 0 aromatic heterocycles. The van der Waals surface area contributed by atoms with E-state index in [9.17, 15) is 36.5 Å². The fourth-order valence-electron chi connectivity index (χ4n) is 3.28. The van der Waals surface area contributed by atoms with Crippen molar-refractivity contribution in [2.24, 2.45) is 5.92 Å². The highest BCUT2D eigenvalue weighted by Gasteiger charge is 2.35. The third-order valence-corrected chi connectivity index (χ3v) is 6.84. The van der Waals surface area contributed by atoms with E-state index in [0.717, 1.165) is 22.5 Å². The summed E-state index contributed by atoms with van der Waals surface area (Å²) in [6, 6.07) is 8.95. The van der Waals surface area contributed by atoms with E-state index in [-0.39, 0.29) is 37.3 Å². The number of non-ortho nitro benzene ring substituents is 1. The second-order valence-electron chi connectivity index (χ2n) is 7.00. The van der Waals surface area contributed by atoms with Crippen molar-refractivity contribution >= 4 is 27.3 Å². The summed E-state index contributed by atoms with van der Waals surface area (Å²) in [4.78, 5) is 22.2. The highest BCUT2D eigenvalue weighted by Crippen LogP contribution is 2.32. The molecule has 1 fully saturated rings. The zero-order chi connectivity index (χ0) is 22.8. The lowest BCUT2D eigenvalue weighted by Crippen LogP contribution is -2.41. The van der Waals surface area contributed by atoms with Gasteiger partial charge in [0, 0.05) is 36.8 Å². The van der Waals surface area contributed by atoms with Gasteiger partial charge in [-0.05, 0) is 37.1 Å². The lowest BCUT2D eigenvalue weighted by molar-refractivity contribution is -0.384. The number of anilines is 1. The third kappa shape index (κ3) is 5.20. The summed E-state index contributed by atoms with van der Waals surface area (Å²) >= 11 is 0. The average Bonchev–Trinajstić information content (AvgIpc) is 2.73. The first-order valence-corrected chi connectivity index (χ1v) is 10.7. The van der Waals surface area contributed by atoms with Crippen LogP contribution in [0.1, 0.15) is 18.4 Å². The number of benzene rings is 2. The number of hydrogen-bond acceptors (Lipinski definition) is 5. The van der Waals surface area contributed by atoms with Crippen molar-refractivity contribution in [3.05, 3.63) is 64.2 Å². The summed E-state index contributed by atoms with van der Waals surface area (Å²) in [6.45, 7) is -0.0722. The molecule has 3 rings (SSSR count). The Hall–Kier alpha value is -2.99. The Morgan fingerprint density at radius 2 is 1.74 bits per heavy atom. The van der Waals surface area contributed by atoms with E-state index in [2.05, 4.69) is 5.32 Å². The predicted molar refractivity (Wildman–Crippen MR) is 105 cm³/mol. The molecule has 31 heavy (non-hydrogen) atoms. The summed E-state index contributed by atoms with van der Waals surface area (Å²) in [5, 5.41) is 13.4. The van der Waals surface area contributed by atoms with Gasteiger partial charge in [0.05, 0.1) is 15.4 Å². The average molecular weight is 457 g/mol. The van der Waals surface area contributed by atoms with Crippen molar-refractivity contribution in [2.75, 3.05) is 18.4 Å². The van der Waals surface area contributed by atoms with Gasteiger partial charge >= 0.3 is 6.18 Å². The van der Waals surface area contributed by atoms with Crippen LogP contribution in [0.5, 0.6) is 0 Å². The van der Waals surface area contributed by atoms with Crippen LogP contribution in [0.25, 0.3) is 0 Å². The van der Waals surface area contributed by atoms with Gasteiger partial charge in [-0.25, -0.2) is 8.42 Å². The second kappa shape index (κ2) is 8.63. The first-order valence-electron chi connectivity index (χ1n) is 9.21. The Morgan fingerprint density at radius 1 is 1.10 bits per heavy atom. The van der Waals surface area contributed by atoms with Gasteiger partial charge in [-0.1, -0.05) is 12.1 Å². The minimum Gasteiger partial charge on any atom is -0.326 e. The van der Waals surface area contributed by atoms with Crippen molar-refractivity contribution in [2.45, 2.75) is 23.9 Å². The minimum absolute atomic E-state index is 0.0361. The highest BCUT2D eigenvalue weighted by molar-refractivity contribution is 7.89. The van der Waals surface area contributed by atoms with Gasteiger partial charge in [-0.15, -0.1) is 0 Å². The van der Waals surface area contributed by atoms with Crippen LogP contribution in [0.2, 0.25) is 0 Å². The molecule has 1 aliphatic heterocycles. The Kier molecular flexibility index (Phi) is 6.32. The number of carbonyl (C=O) groups excluding carboxylic acids is 1. The van der Waals surface area contributed by atoms with E-state index in [0.29, 0.717) is 6.07 Å². The van der Waals surface area contributed by atoms with Crippen molar-refractivity contribution in [1.29, 1.82) is 0 Å². The molecule has 8 nitrogen and oxygen atoms in total. The molecule has 0 unspecified atom stereocenters. The SMILES string of the molecule is O=C(Nc1cccc([N+](=O)[O-])c1)C1CCN(S(=O)(=O)c2cccc(C(F)(F)F)c2)CC1. The lowest BCUT2D eigenvalue weighted by atomic mass is 9.97. The molecule has 1 N–H and O–H groups in total. The molecule has 1 aliphatic rings. The Labute approximate surface area is 175 Å². The smallest absolute Gasteiger partial charge is 0.326 e. The molecule has 2 aromatic rings. The number of nitrogens with zero attached hydrogens (tertiary/aromatic N) is 2. The number of alkyl halides is 3. The topological polar surface area (TPSA) is 110 Å². The Morgan fingerprint density at radius 3 is 2.35 bits per heavy atom. The van der Waals surface area contributed by atoms with E-state index in [1.165, 1.54) is 24.3 Å². The molecular formula is C19H18F3N3O5S. The van der Waals surface area contributed by atoms with Crippen molar-refractivity contribution in [3.8, 4) is 0 Å². The van der Waals surface area contributed by atoms with Gasteiger partial charge in [0.1, 0.15) is 0 Å². The normalized spacial score (nSPS) is 16.1. The van der Waals surface area contributed by atoms with Crippen LogP contribution in [0.15, 0.2) is 53.4 Å². The number of hydrogen-bond donors (Lipinski definition) is 1. The number of halogens is 3. The van der Waals surface area contributed by atoms with E-state index in [1.807, 2.05) is 0 Å². The largest absolute Gasteiger partial charge is 0.416 e. The number of rotatable bonds is 5. The predicted octanol–water partition coefficient (Wildman–Crippen LogP) is 3.65. The fraction of sp³-hybridized carbons (Fsp3) is 0.316. The zero-order valence-corrected chi connectivity index (χ0v) is 16.8. The molecule has 166 valence electrons. The minimum atomic E-state index is -4.66. The van der Waals surface area contributed by atoms with Crippen LogP contribution >= 0.6 is 0 Å². The molecule has 0 radical (unpaired) electrons. The van der Waals surface area contributed by atoms with Crippen LogP contribution in [0.3, 0.4) is 0 Å². The van der Waals surface area contributed by atoms with E-state index < -0.39 is 43.4 Å². The first-order chi connectivity index (χ1) is 14.5. The van der Waals surface area contributed by atoms with Crippen LogP contribution in [0.4, 0.5) is 24.5 Å². The van der Waals surface area contributed by atoms with Crippen molar-refractivity contribution in [1.82, 2.24) is 4.31 Å². The number of nitro benzene ring substituents is 1. The molecule has 0 aliphatic carbocycles. The maximum atomic E-state index is 12.9. The van der Waals surface area contributed by atoms with Gasteiger partial charge in [-0.2, -0.15) is 17.5 Å². The number of nitrogens with one attached hydrogen (secondary N) is 1. The molecule has 1 saturated heterocycles. The number of carbonyl (C=O) groups is 1. The maximum Gasteiger partial charge on any atom is 0.416 e. The van der Waals surface area contributed by atoms with E-state index >= 15 is 0 Å². The fourth-order valence-corrected chi connectivity index (χ4v) is 4.80. The molecule has 1 heterocycles. The quantitative estimate of drug-likeness (QED) is 0.544. The first kappa shape index (κ1) is 22.7. The number of piperidine rings is 1. The molecule has 0 saturated carbocycles. The number of nitro groups is 1. The monoisotopic (exact) mass is 457 g/mol. The van der Waals surface area contributed by atoms with Crippen LogP contribution < -0.4 is 5.32 Å². The van der Waals surface area contributed by atoms with E-state index in [4.69, 9.17) is 0 Å². The summed E-state index contributed by atoms with van der Waals surface area (Å²) in [5.41, 5.74) is -0.988. The molecule has 0 bridgehead atoms. The zero-order valence-electron chi connectivity index (χ0n) is 16.0. The van der Waals surface area contributed by atoms with Gasteiger partial charge in [0.15, 0.2) is 0 Å². The van der Waals surface area contributed by atoms with Gasteiger partial charge in [0.25, 0.3) is 5.69 Å². The summed E-state index contributed by atoms with van der Waals surface area (Å²) in [7, 11) is -4.14. The van der Waals surface area contributed by atoms with Crippen LogP contribution in [-0.2, 0) is 21.0 Å². The van der Waals surface area contributed by atoms with Crippen molar-refractivity contribution in [3.63, 3.8) is 0 Å².